The summed E-state index contributed by atoms with van der Waals surface area (Å²) in [5.41, 5.74) is 0. The van der Waals surface area contributed by atoms with Crippen LogP contribution in [0.5, 0.6) is 0 Å². The fourth-order valence-electron chi connectivity index (χ4n) is 12.2. The van der Waals surface area contributed by atoms with Crippen molar-refractivity contribution in [2.24, 2.45) is 5.92 Å². The van der Waals surface area contributed by atoms with Crippen LogP contribution in [0.25, 0.3) is 0 Å². The zero-order valence-electron chi connectivity index (χ0n) is 63.9. The molecule has 0 saturated heterocycles. The van der Waals surface area contributed by atoms with E-state index in [1.807, 2.05) is 0 Å². The van der Waals surface area contributed by atoms with Crippen molar-refractivity contribution in [3.05, 3.63) is 0 Å². The maximum Gasteiger partial charge on any atom is 0.472 e. The van der Waals surface area contributed by atoms with Gasteiger partial charge in [0.15, 0.2) is 12.2 Å². The first-order valence-corrected chi connectivity index (χ1v) is 44.1. The standard InChI is InChI=1S/C79H154O17P2/c1-6-9-12-15-18-20-22-23-24-25-26-30-33-36-40-43-48-53-58-63-77(82)90-69-75(96-79(84)65-60-55-50-45-41-37-34-31-28-27-29-32-35-39-42-47-51-56-61-72(4)5)71-94-98(87,88)92-67-73(80)66-91-97(85,86)93-70-74(68-89-76(81)62-57-52-46-17-14-11-8-3)95-78(83)64-59-54-49-44-38-21-19-16-13-10-7-2/h72-75,80H,6-71H2,1-5H3,(H,85,86)(H,87,88)/t73-,74+,75+/m0/s1. The maximum atomic E-state index is 13.1. The van der Waals surface area contributed by atoms with Crippen molar-refractivity contribution in [1.82, 2.24) is 0 Å². The molecule has 98 heavy (non-hydrogen) atoms. The summed E-state index contributed by atoms with van der Waals surface area (Å²) in [7, 11) is -9.91. The lowest BCUT2D eigenvalue weighted by molar-refractivity contribution is -0.161. The Labute approximate surface area is 600 Å². The molecule has 0 spiro atoms. The molecule has 5 atom stereocenters. The number of hydrogen-bond donors (Lipinski definition) is 3. The van der Waals surface area contributed by atoms with E-state index in [4.69, 9.17) is 37.0 Å². The predicted molar refractivity (Wildman–Crippen MR) is 400 cm³/mol. The summed E-state index contributed by atoms with van der Waals surface area (Å²) in [5, 5.41) is 10.6. The van der Waals surface area contributed by atoms with Crippen molar-refractivity contribution in [3.8, 4) is 0 Å². The Kier molecular flexibility index (Phi) is 70.6. The van der Waals surface area contributed by atoms with Crippen molar-refractivity contribution < 1.29 is 80.2 Å². The molecule has 0 aromatic rings. The van der Waals surface area contributed by atoms with Gasteiger partial charge in [-0.2, -0.15) is 0 Å². The third kappa shape index (κ3) is 72.4. The van der Waals surface area contributed by atoms with Gasteiger partial charge in [-0.1, -0.05) is 369 Å². The lowest BCUT2D eigenvalue weighted by Gasteiger charge is -2.21. The molecular weight excluding hydrogens is 1280 g/mol. The van der Waals surface area contributed by atoms with Crippen LogP contribution < -0.4 is 0 Å². The van der Waals surface area contributed by atoms with Gasteiger partial charge in [-0.15, -0.1) is 0 Å². The Balaban J connectivity index is 5.15. The fourth-order valence-corrected chi connectivity index (χ4v) is 13.8. The number of rotatable bonds is 79. The molecule has 2 unspecified atom stereocenters. The molecule has 0 radical (unpaired) electrons. The summed E-state index contributed by atoms with van der Waals surface area (Å²) in [6.45, 7) is 7.30. The average molecular weight is 1440 g/mol. The smallest absolute Gasteiger partial charge is 0.462 e. The summed E-state index contributed by atoms with van der Waals surface area (Å²) in [6.07, 6.45) is 62.7. The zero-order chi connectivity index (χ0) is 71.9. The first-order valence-electron chi connectivity index (χ1n) is 41.1. The number of esters is 4. The minimum atomic E-state index is -4.96. The van der Waals surface area contributed by atoms with Gasteiger partial charge in [0.1, 0.15) is 19.3 Å². The number of phosphoric acid groups is 2. The summed E-state index contributed by atoms with van der Waals surface area (Å²) in [5.74, 6) is -1.29. The van der Waals surface area contributed by atoms with Crippen LogP contribution in [0.4, 0.5) is 0 Å². The molecule has 19 heteroatoms. The number of unbranched alkanes of at least 4 members (excludes halogenated alkanes) is 51. The molecule has 0 aliphatic rings. The zero-order valence-corrected chi connectivity index (χ0v) is 65.7. The minimum Gasteiger partial charge on any atom is -0.462 e. The Morgan fingerprint density at radius 3 is 0.694 bits per heavy atom. The molecule has 0 fully saturated rings. The monoisotopic (exact) mass is 1440 g/mol. The van der Waals surface area contributed by atoms with Gasteiger partial charge >= 0.3 is 39.5 Å². The van der Waals surface area contributed by atoms with E-state index in [1.54, 1.807) is 0 Å². The molecule has 0 aromatic carbocycles. The highest BCUT2D eigenvalue weighted by atomic mass is 31.2. The number of aliphatic hydroxyl groups excluding tert-OH is 1. The van der Waals surface area contributed by atoms with Crippen LogP contribution in [-0.2, 0) is 65.4 Å². The highest BCUT2D eigenvalue weighted by molar-refractivity contribution is 7.47. The van der Waals surface area contributed by atoms with E-state index < -0.39 is 97.5 Å². The van der Waals surface area contributed by atoms with Gasteiger partial charge in [-0.05, 0) is 31.6 Å². The Hall–Kier alpha value is -1.94. The van der Waals surface area contributed by atoms with Gasteiger partial charge in [0.2, 0.25) is 0 Å². The molecule has 0 rings (SSSR count). The van der Waals surface area contributed by atoms with Gasteiger partial charge in [0.05, 0.1) is 26.4 Å². The number of aliphatic hydroxyl groups is 1. The summed E-state index contributed by atoms with van der Waals surface area (Å²) in [4.78, 5) is 72.7. The third-order valence-corrected chi connectivity index (χ3v) is 20.4. The van der Waals surface area contributed by atoms with Gasteiger partial charge in [-0.3, -0.25) is 37.3 Å². The SMILES string of the molecule is CCCCCCCCCCCCCCCCCCCCCC(=O)OC[C@H](COP(=O)(O)OC[C@@H](O)COP(=O)(O)OC[C@@H](COC(=O)CCCCCCCCC)OC(=O)CCCCCCCCCCCCC)OC(=O)CCCCCCCCCCCCCCCCCCCCC(C)C. The molecule has 0 amide bonds. The van der Waals surface area contributed by atoms with Crippen molar-refractivity contribution >= 4 is 39.5 Å². The van der Waals surface area contributed by atoms with Gasteiger partial charge in [-0.25, -0.2) is 9.13 Å². The number of phosphoric ester groups is 2. The van der Waals surface area contributed by atoms with Crippen LogP contribution in [0.15, 0.2) is 0 Å². The first-order chi connectivity index (χ1) is 47.5. The van der Waals surface area contributed by atoms with Crippen LogP contribution in [0.3, 0.4) is 0 Å². The molecule has 0 aromatic heterocycles. The van der Waals surface area contributed by atoms with Crippen molar-refractivity contribution in [2.75, 3.05) is 39.6 Å². The molecule has 0 bridgehead atoms. The molecular formula is C79H154O17P2. The second-order valence-corrected chi connectivity index (χ2v) is 31.8. The predicted octanol–water partition coefficient (Wildman–Crippen LogP) is 23.6. The van der Waals surface area contributed by atoms with Crippen LogP contribution >= 0.6 is 15.6 Å². The largest absolute Gasteiger partial charge is 0.472 e. The molecule has 0 aliphatic heterocycles. The second-order valence-electron chi connectivity index (χ2n) is 28.9. The highest BCUT2D eigenvalue weighted by Crippen LogP contribution is 2.45. The van der Waals surface area contributed by atoms with Gasteiger partial charge in [0.25, 0.3) is 0 Å². The van der Waals surface area contributed by atoms with E-state index in [2.05, 4.69) is 34.6 Å². The molecule has 582 valence electrons. The van der Waals surface area contributed by atoms with Crippen molar-refractivity contribution in [1.29, 1.82) is 0 Å². The quantitative estimate of drug-likeness (QED) is 0.0222. The molecule has 17 nitrogen and oxygen atoms in total. The number of ether oxygens (including phenoxy) is 4. The molecule has 0 aliphatic carbocycles. The van der Waals surface area contributed by atoms with Crippen LogP contribution in [0.2, 0.25) is 0 Å². The number of carbonyl (C=O) groups excluding carboxylic acids is 4. The molecule has 0 heterocycles. The topological polar surface area (TPSA) is 237 Å². The van der Waals surface area contributed by atoms with E-state index >= 15 is 0 Å². The van der Waals surface area contributed by atoms with E-state index in [0.29, 0.717) is 25.7 Å². The van der Waals surface area contributed by atoms with Crippen molar-refractivity contribution in [3.63, 3.8) is 0 Å². The Morgan fingerprint density at radius 2 is 0.469 bits per heavy atom. The Morgan fingerprint density at radius 1 is 0.276 bits per heavy atom. The summed E-state index contributed by atoms with van der Waals surface area (Å²) >= 11 is 0. The lowest BCUT2D eigenvalue weighted by atomic mass is 10.0. The third-order valence-electron chi connectivity index (χ3n) is 18.5. The van der Waals surface area contributed by atoms with Crippen molar-refractivity contribution in [2.45, 2.75) is 438 Å². The summed E-state index contributed by atoms with van der Waals surface area (Å²) < 4.78 is 68.5. The normalized spacial score (nSPS) is 13.9. The first kappa shape index (κ1) is 96.1. The van der Waals surface area contributed by atoms with E-state index in [0.717, 1.165) is 109 Å². The van der Waals surface area contributed by atoms with E-state index in [-0.39, 0.29) is 25.7 Å². The molecule has 0 saturated carbocycles. The van der Waals surface area contributed by atoms with E-state index in [9.17, 15) is 43.2 Å². The number of carbonyl (C=O) groups is 4. The second kappa shape index (κ2) is 72.0. The minimum absolute atomic E-state index is 0.107. The highest BCUT2D eigenvalue weighted by Gasteiger charge is 2.30. The van der Waals surface area contributed by atoms with Crippen LogP contribution in [0, 0.1) is 5.92 Å². The van der Waals surface area contributed by atoms with Crippen LogP contribution in [-0.4, -0.2) is 96.7 Å². The maximum absolute atomic E-state index is 13.1. The fraction of sp³-hybridized carbons (Fsp3) is 0.949. The summed E-state index contributed by atoms with van der Waals surface area (Å²) in [6, 6.07) is 0. The van der Waals surface area contributed by atoms with E-state index in [1.165, 1.54) is 231 Å². The van der Waals surface area contributed by atoms with Crippen LogP contribution in [0.1, 0.15) is 420 Å². The lowest BCUT2D eigenvalue weighted by Crippen LogP contribution is -2.30. The van der Waals surface area contributed by atoms with Gasteiger partial charge < -0.3 is 33.8 Å². The number of hydrogen-bond acceptors (Lipinski definition) is 15. The average Bonchev–Trinajstić information content (AvgIpc) is 1.09. The van der Waals surface area contributed by atoms with Gasteiger partial charge in [0, 0.05) is 25.7 Å². The molecule has 3 N–H and O–H groups in total. The Bertz CT molecular complexity index is 1870.